The van der Waals surface area contributed by atoms with Crippen molar-refractivity contribution in [2.24, 2.45) is 5.92 Å². The molecule has 0 aromatic rings. The summed E-state index contributed by atoms with van der Waals surface area (Å²) in [5.74, 6) is 0.363. The summed E-state index contributed by atoms with van der Waals surface area (Å²) in [6.45, 7) is 3.00. The number of amides is 1. The second-order valence-electron chi connectivity index (χ2n) is 4.53. The molecule has 4 nitrogen and oxygen atoms in total. The van der Waals surface area contributed by atoms with E-state index >= 15 is 0 Å². The molecule has 0 aliphatic heterocycles. The van der Waals surface area contributed by atoms with Crippen molar-refractivity contribution in [2.45, 2.75) is 51.9 Å². The lowest BCUT2D eigenvalue weighted by atomic mass is 9.85. The summed E-state index contributed by atoms with van der Waals surface area (Å²) in [5, 5.41) is 2.94. The summed E-state index contributed by atoms with van der Waals surface area (Å²) in [5.41, 5.74) is 0. The quantitative estimate of drug-likeness (QED) is 0.522. The van der Waals surface area contributed by atoms with E-state index in [1.165, 1.54) is 6.42 Å². The number of hydrogen-bond donors (Lipinski definition) is 1. The van der Waals surface area contributed by atoms with Crippen molar-refractivity contribution in [3.63, 3.8) is 0 Å². The molecule has 0 radical (unpaired) electrons. The Balaban J connectivity index is 1.87. The molecule has 4 heteroatoms. The predicted octanol–water partition coefficient (Wildman–Crippen LogP) is 2.03. The number of carbonyl (C=O) groups is 2. The minimum Gasteiger partial charge on any atom is -0.466 e. The third-order valence-corrected chi connectivity index (χ3v) is 3.14. The maximum atomic E-state index is 11.5. The van der Waals surface area contributed by atoms with E-state index in [9.17, 15) is 9.59 Å². The molecule has 0 unspecified atom stereocenters. The topological polar surface area (TPSA) is 55.4 Å². The minimum absolute atomic E-state index is 0.119. The van der Waals surface area contributed by atoms with Gasteiger partial charge in [-0.25, -0.2) is 0 Å². The van der Waals surface area contributed by atoms with E-state index in [2.05, 4.69) is 5.32 Å². The normalized spacial score (nSPS) is 15.1. The molecule has 98 valence electrons. The zero-order valence-corrected chi connectivity index (χ0v) is 10.7. The van der Waals surface area contributed by atoms with Crippen molar-refractivity contribution in [1.29, 1.82) is 0 Å². The summed E-state index contributed by atoms with van der Waals surface area (Å²) < 4.78 is 4.83. The summed E-state index contributed by atoms with van der Waals surface area (Å²) in [7, 11) is 0. The summed E-state index contributed by atoms with van der Waals surface area (Å²) >= 11 is 0. The fourth-order valence-electron chi connectivity index (χ4n) is 1.83. The fourth-order valence-corrected chi connectivity index (χ4v) is 1.83. The molecule has 0 aromatic carbocycles. The Bertz CT molecular complexity index is 249. The first-order chi connectivity index (χ1) is 8.24. The van der Waals surface area contributed by atoms with Crippen LogP contribution in [0.2, 0.25) is 0 Å². The molecule has 1 rings (SSSR count). The Morgan fingerprint density at radius 3 is 2.59 bits per heavy atom. The Labute approximate surface area is 103 Å². The van der Waals surface area contributed by atoms with Crippen LogP contribution in [0.15, 0.2) is 0 Å². The number of rotatable bonds is 8. The van der Waals surface area contributed by atoms with Crippen LogP contribution in [0.1, 0.15) is 51.9 Å². The lowest BCUT2D eigenvalue weighted by Gasteiger charge is -2.23. The van der Waals surface area contributed by atoms with Crippen molar-refractivity contribution >= 4 is 11.9 Å². The third-order valence-electron chi connectivity index (χ3n) is 3.14. The molecule has 0 saturated heterocycles. The Hall–Kier alpha value is -1.06. The van der Waals surface area contributed by atoms with Crippen molar-refractivity contribution in [1.82, 2.24) is 5.32 Å². The molecule has 1 amide bonds. The van der Waals surface area contributed by atoms with Gasteiger partial charge < -0.3 is 10.1 Å². The fraction of sp³-hybridized carbons (Fsp3) is 0.846. The minimum atomic E-state index is -0.119. The van der Waals surface area contributed by atoms with Gasteiger partial charge in [0.2, 0.25) is 5.91 Å². The highest BCUT2D eigenvalue weighted by molar-refractivity contribution is 5.79. The molecule has 0 atom stereocenters. The first-order valence-electron chi connectivity index (χ1n) is 6.67. The van der Waals surface area contributed by atoms with Crippen LogP contribution in [0.25, 0.3) is 0 Å². The van der Waals surface area contributed by atoms with Crippen LogP contribution in [-0.4, -0.2) is 25.0 Å². The van der Waals surface area contributed by atoms with Gasteiger partial charge in [-0.3, -0.25) is 9.59 Å². The molecule has 0 bridgehead atoms. The second kappa shape index (κ2) is 8.09. The van der Waals surface area contributed by atoms with E-state index in [-0.39, 0.29) is 17.8 Å². The molecule has 0 spiro atoms. The average molecular weight is 241 g/mol. The molecule has 1 aliphatic rings. The zero-order chi connectivity index (χ0) is 12.5. The molecule has 0 aromatic heterocycles. The number of esters is 1. The van der Waals surface area contributed by atoms with Crippen LogP contribution in [0.5, 0.6) is 0 Å². The van der Waals surface area contributed by atoms with Crippen LogP contribution in [-0.2, 0) is 14.3 Å². The summed E-state index contributed by atoms with van der Waals surface area (Å²) in [4.78, 5) is 22.5. The molecular weight excluding hydrogens is 218 g/mol. The van der Waals surface area contributed by atoms with Crippen LogP contribution in [0.4, 0.5) is 0 Å². The van der Waals surface area contributed by atoms with Gasteiger partial charge in [0.05, 0.1) is 6.61 Å². The van der Waals surface area contributed by atoms with Crippen LogP contribution in [0, 0.1) is 5.92 Å². The van der Waals surface area contributed by atoms with Gasteiger partial charge >= 0.3 is 5.97 Å². The highest BCUT2D eigenvalue weighted by Gasteiger charge is 2.24. The molecule has 17 heavy (non-hydrogen) atoms. The van der Waals surface area contributed by atoms with Gasteiger partial charge in [-0.2, -0.15) is 0 Å². The maximum Gasteiger partial charge on any atom is 0.305 e. The number of carbonyl (C=O) groups excluding carboxylic acids is 2. The maximum absolute atomic E-state index is 11.5. The average Bonchev–Trinajstić information content (AvgIpc) is 2.21. The lowest BCUT2D eigenvalue weighted by molar-refractivity contribution is -0.143. The highest BCUT2D eigenvalue weighted by atomic mass is 16.5. The largest absolute Gasteiger partial charge is 0.466 e. The third kappa shape index (κ3) is 5.71. The number of ether oxygens (including phenoxy) is 1. The van der Waals surface area contributed by atoms with E-state index in [0.717, 1.165) is 38.6 Å². The monoisotopic (exact) mass is 241 g/mol. The van der Waals surface area contributed by atoms with Crippen LogP contribution in [0.3, 0.4) is 0 Å². The van der Waals surface area contributed by atoms with E-state index < -0.39 is 0 Å². The zero-order valence-electron chi connectivity index (χ0n) is 10.7. The van der Waals surface area contributed by atoms with Crippen molar-refractivity contribution in [2.75, 3.05) is 13.2 Å². The smallest absolute Gasteiger partial charge is 0.305 e. The molecule has 1 saturated carbocycles. The Kier molecular flexibility index (Phi) is 6.67. The highest BCUT2D eigenvalue weighted by Crippen LogP contribution is 2.26. The van der Waals surface area contributed by atoms with Crippen molar-refractivity contribution in [3.8, 4) is 0 Å². The molecule has 1 N–H and O–H groups in total. The Morgan fingerprint density at radius 1 is 1.24 bits per heavy atom. The van der Waals surface area contributed by atoms with Gasteiger partial charge in [-0.15, -0.1) is 0 Å². The standard InChI is InChI=1S/C13H23NO3/c1-2-17-12(15)9-4-3-5-10-14-13(16)11-7-6-8-11/h11H,2-10H2,1H3,(H,14,16). The first kappa shape index (κ1) is 14.0. The van der Waals surface area contributed by atoms with Crippen molar-refractivity contribution in [3.05, 3.63) is 0 Å². The van der Waals surface area contributed by atoms with E-state index in [0.29, 0.717) is 13.0 Å². The number of nitrogens with one attached hydrogen (secondary N) is 1. The number of hydrogen-bond acceptors (Lipinski definition) is 3. The van der Waals surface area contributed by atoms with Gasteiger partial charge in [0, 0.05) is 18.9 Å². The van der Waals surface area contributed by atoms with Gasteiger partial charge in [0.25, 0.3) is 0 Å². The molecule has 1 aliphatic carbocycles. The van der Waals surface area contributed by atoms with Gasteiger partial charge in [0.1, 0.15) is 0 Å². The first-order valence-corrected chi connectivity index (χ1v) is 6.67. The second-order valence-corrected chi connectivity index (χ2v) is 4.53. The van der Waals surface area contributed by atoms with Crippen molar-refractivity contribution < 1.29 is 14.3 Å². The predicted molar refractivity (Wildman–Crippen MR) is 65.5 cm³/mol. The van der Waals surface area contributed by atoms with Crippen LogP contribution < -0.4 is 5.32 Å². The Morgan fingerprint density at radius 2 is 2.00 bits per heavy atom. The van der Waals surface area contributed by atoms with Gasteiger partial charge in [-0.05, 0) is 32.6 Å². The van der Waals surface area contributed by atoms with E-state index in [4.69, 9.17) is 4.74 Å². The number of unbranched alkanes of at least 4 members (excludes halogenated alkanes) is 2. The van der Waals surface area contributed by atoms with E-state index in [1.807, 2.05) is 6.92 Å². The lowest BCUT2D eigenvalue weighted by Crippen LogP contribution is -2.34. The van der Waals surface area contributed by atoms with E-state index in [1.54, 1.807) is 0 Å². The van der Waals surface area contributed by atoms with Crippen LogP contribution >= 0.6 is 0 Å². The van der Waals surface area contributed by atoms with Gasteiger partial charge in [-0.1, -0.05) is 12.8 Å². The molecular formula is C13H23NO3. The van der Waals surface area contributed by atoms with Gasteiger partial charge in [0.15, 0.2) is 0 Å². The molecule has 0 heterocycles. The molecule has 1 fully saturated rings. The SMILES string of the molecule is CCOC(=O)CCCCCNC(=O)C1CCC1. The summed E-state index contributed by atoms with van der Waals surface area (Å²) in [6, 6.07) is 0. The summed E-state index contributed by atoms with van der Waals surface area (Å²) in [6.07, 6.45) is 6.53.